The van der Waals surface area contributed by atoms with E-state index < -0.39 is 23.8 Å². The van der Waals surface area contributed by atoms with E-state index in [9.17, 15) is 0 Å². The molecular weight excluding hydrogens is 487 g/mol. The molecule has 2 aliphatic rings. The SMILES string of the molecule is ClC1=CC(Cl)C(Cl)(C2(Cl)C(Cl)=C(Cl)C(Cl)(Cl)C2(Cl)Cl)C=C1. The maximum Gasteiger partial charge on any atom is 0.189 e. The standard InChI is InChI=1S/C11H4Cl10/c12-4-1-2-8(16,5(13)3-4)9(17)6(14)7(15)10(18,19)11(9,20)21/h1-3,5H. The van der Waals surface area contributed by atoms with E-state index in [1.807, 2.05) is 0 Å². The van der Waals surface area contributed by atoms with E-state index in [-0.39, 0.29) is 10.1 Å². The molecular formula is C11H4Cl10. The predicted octanol–water partition coefficient (Wildman–Crippen LogP) is 7.29. The van der Waals surface area contributed by atoms with Crippen LogP contribution in [0.2, 0.25) is 0 Å². The van der Waals surface area contributed by atoms with Crippen molar-refractivity contribution in [2.75, 3.05) is 0 Å². The lowest BCUT2D eigenvalue weighted by Gasteiger charge is -2.48. The third-order valence-electron chi connectivity index (χ3n) is 3.32. The Kier molecular flexibility index (Phi) is 5.40. The van der Waals surface area contributed by atoms with Gasteiger partial charge in [-0.05, 0) is 12.2 Å². The maximum absolute atomic E-state index is 6.61. The molecule has 0 bridgehead atoms. The quantitative estimate of drug-likeness (QED) is 0.339. The molecule has 0 aromatic heterocycles. The second-order valence-corrected chi connectivity index (χ2v) is 10.00. The molecule has 0 radical (unpaired) electrons. The highest BCUT2D eigenvalue weighted by Crippen LogP contribution is 2.71. The Hall–Kier alpha value is 2.12. The molecule has 0 aliphatic heterocycles. The van der Waals surface area contributed by atoms with Crippen molar-refractivity contribution in [3.63, 3.8) is 0 Å². The molecule has 0 fully saturated rings. The van der Waals surface area contributed by atoms with Crippen LogP contribution in [0.15, 0.2) is 33.3 Å². The van der Waals surface area contributed by atoms with Crippen LogP contribution in [0.4, 0.5) is 0 Å². The summed E-state index contributed by atoms with van der Waals surface area (Å²) in [5.41, 5.74) is 0. The van der Waals surface area contributed by atoms with Crippen molar-refractivity contribution < 1.29 is 0 Å². The summed E-state index contributed by atoms with van der Waals surface area (Å²) in [6, 6.07) is 0. The van der Waals surface area contributed by atoms with Gasteiger partial charge in [0.25, 0.3) is 0 Å². The zero-order chi connectivity index (χ0) is 16.4. The van der Waals surface area contributed by atoms with Gasteiger partial charge in [-0.3, -0.25) is 0 Å². The summed E-state index contributed by atoms with van der Waals surface area (Å²) in [4.78, 5) is -3.45. The Morgan fingerprint density at radius 3 is 1.76 bits per heavy atom. The third-order valence-corrected chi connectivity index (χ3v) is 9.67. The zero-order valence-corrected chi connectivity index (χ0v) is 17.1. The summed E-state index contributed by atoms with van der Waals surface area (Å²) < 4.78 is -4.02. The molecule has 21 heavy (non-hydrogen) atoms. The number of hydrogen-bond donors (Lipinski definition) is 0. The Morgan fingerprint density at radius 2 is 1.38 bits per heavy atom. The molecule has 2 rings (SSSR count). The topological polar surface area (TPSA) is 0 Å². The number of halogens is 10. The number of alkyl halides is 7. The van der Waals surface area contributed by atoms with Gasteiger partial charge in [0.05, 0.1) is 15.4 Å². The lowest BCUT2D eigenvalue weighted by Crippen LogP contribution is -2.62. The molecule has 0 saturated carbocycles. The highest BCUT2D eigenvalue weighted by atomic mass is 35.5. The minimum atomic E-state index is -2.06. The fourth-order valence-electron chi connectivity index (χ4n) is 2.10. The Bertz CT molecular complexity index is 574. The third kappa shape index (κ3) is 2.40. The number of rotatable bonds is 1. The summed E-state index contributed by atoms with van der Waals surface area (Å²) in [7, 11) is 0. The van der Waals surface area contributed by atoms with Crippen LogP contribution in [0.3, 0.4) is 0 Å². The van der Waals surface area contributed by atoms with Crippen LogP contribution in [0.1, 0.15) is 0 Å². The van der Waals surface area contributed by atoms with Crippen molar-refractivity contribution >= 4 is 116 Å². The first kappa shape index (κ1) is 19.4. The average Bonchev–Trinajstić information content (AvgIpc) is 2.47. The average molecular weight is 491 g/mol. The summed E-state index contributed by atoms with van der Waals surface area (Å²) in [6.07, 6.45) is 4.38. The molecule has 0 nitrogen and oxygen atoms in total. The van der Waals surface area contributed by atoms with Gasteiger partial charge in [-0.25, -0.2) is 0 Å². The number of hydrogen-bond acceptors (Lipinski definition) is 0. The maximum atomic E-state index is 6.61. The molecule has 0 spiro atoms. The van der Waals surface area contributed by atoms with Gasteiger partial charge in [0.2, 0.25) is 0 Å². The van der Waals surface area contributed by atoms with Gasteiger partial charge in [0.15, 0.2) is 8.67 Å². The second kappa shape index (κ2) is 5.84. The van der Waals surface area contributed by atoms with Crippen LogP contribution >= 0.6 is 116 Å². The van der Waals surface area contributed by atoms with E-state index in [1.54, 1.807) is 0 Å². The molecule has 0 heterocycles. The van der Waals surface area contributed by atoms with E-state index in [0.29, 0.717) is 5.03 Å². The van der Waals surface area contributed by atoms with Crippen LogP contribution in [-0.2, 0) is 0 Å². The molecule has 0 aromatic rings. The van der Waals surface area contributed by atoms with Gasteiger partial charge in [0.1, 0.15) is 9.75 Å². The van der Waals surface area contributed by atoms with Gasteiger partial charge >= 0.3 is 0 Å². The van der Waals surface area contributed by atoms with Crippen molar-refractivity contribution in [2.24, 2.45) is 0 Å². The van der Waals surface area contributed by atoms with Crippen LogP contribution in [-0.4, -0.2) is 23.8 Å². The molecule has 3 atom stereocenters. The van der Waals surface area contributed by atoms with E-state index in [1.165, 1.54) is 18.2 Å². The summed E-state index contributed by atoms with van der Waals surface area (Å²) >= 11 is 62.5. The van der Waals surface area contributed by atoms with Gasteiger partial charge in [-0.1, -0.05) is 87.3 Å². The minimum absolute atomic E-state index is 0.183. The molecule has 0 N–H and O–H groups in total. The van der Waals surface area contributed by atoms with Crippen LogP contribution in [0.5, 0.6) is 0 Å². The Labute approximate surface area is 171 Å². The van der Waals surface area contributed by atoms with Crippen molar-refractivity contribution in [1.29, 1.82) is 0 Å². The monoisotopic (exact) mass is 486 g/mol. The molecule has 3 unspecified atom stereocenters. The first-order valence-electron chi connectivity index (χ1n) is 5.24. The second-order valence-electron chi connectivity index (χ2n) is 4.49. The highest BCUT2D eigenvalue weighted by Gasteiger charge is 2.77. The summed E-state index contributed by atoms with van der Waals surface area (Å²) in [6.45, 7) is 0. The van der Waals surface area contributed by atoms with Gasteiger partial charge in [0, 0.05) is 5.03 Å². The minimum Gasteiger partial charge on any atom is -0.116 e. The van der Waals surface area contributed by atoms with Gasteiger partial charge < -0.3 is 0 Å². The molecule has 2 aliphatic carbocycles. The van der Waals surface area contributed by atoms with Crippen LogP contribution in [0.25, 0.3) is 0 Å². The van der Waals surface area contributed by atoms with Gasteiger partial charge in [-0.2, -0.15) is 0 Å². The normalized spacial score (nSPS) is 41.4. The van der Waals surface area contributed by atoms with E-state index in [4.69, 9.17) is 116 Å². The van der Waals surface area contributed by atoms with Crippen molar-refractivity contribution in [3.8, 4) is 0 Å². The Balaban J connectivity index is 2.70. The number of allylic oxidation sites excluding steroid dienone is 6. The molecule has 118 valence electrons. The van der Waals surface area contributed by atoms with E-state index in [2.05, 4.69) is 0 Å². The van der Waals surface area contributed by atoms with Crippen molar-refractivity contribution in [1.82, 2.24) is 0 Å². The van der Waals surface area contributed by atoms with Crippen LogP contribution in [0, 0.1) is 0 Å². The van der Waals surface area contributed by atoms with Gasteiger partial charge in [-0.15, -0.1) is 34.8 Å². The fourth-order valence-corrected chi connectivity index (χ4v) is 6.03. The lowest BCUT2D eigenvalue weighted by molar-refractivity contribution is 0.501. The largest absolute Gasteiger partial charge is 0.189 e. The first-order chi connectivity index (χ1) is 9.34. The first-order valence-corrected chi connectivity index (χ1v) is 9.08. The van der Waals surface area contributed by atoms with E-state index in [0.717, 1.165) is 0 Å². The summed E-state index contributed by atoms with van der Waals surface area (Å²) in [5, 5.41) is -0.928. The Morgan fingerprint density at radius 1 is 0.857 bits per heavy atom. The molecule has 0 aromatic carbocycles. The molecule has 10 heteroatoms. The van der Waals surface area contributed by atoms with E-state index >= 15 is 0 Å². The molecule has 0 amide bonds. The zero-order valence-electron chi connectivity index (χ0n) is 9.59. The predicted molar refractivity (Wildman–Crippen MR) is 97.5 cm³/mol. The fraction of sp³-hybridized carbons (Fsp3) is 0.455. The lowest BCUT2D eigenvalue weighted by atomic mass is 9.83. The van der Waals surface area contributed by atoms with Crippen molar-refractivity contribution in [2.45, 2.75) is 23.8 Å². The van der Waals surface area contributed by atoms with Crippen molar-refractivity contribution in [3.05, 3.63) is 33.3 Å². The smallest absolute Gasteiger partial charge is 0.116 e. The highest BCUT2D eigenvalue weighted by molar-refractivity contribution is 6.73. The van der Waals surface area contributed by atoms with Crippen LogP contribution < -0.4 is 0 Å². The molecule has 0 saturated heterocycles. The summed E-state index contributed by atoms with van der Waals surface area (Å²) in [5.74, 6) is 0.